The maximum atomic E-state index is 12.3. The van der Waals surface area contributed by atoms with Crippen molar-refractivity contribution >= 4 is 16.0 Å². The van der Waals surface area contributed by atoms with E-state index in [0.29, 0.717) is 5.56 Å². The molecule has 1 unspecified atom stereocenters. The summed E-state index contributed by atoms with van der Waals surface area (Å²) in [6, 6.07) is 3.11. The Kier molecular flexibility index (Phi) is 2.82. The number of amidine groups is 1. The van der Waals surface area contributed by atoms with Crippen molar-refractivity contribution in [3.8, 4) is 0 Å². The lowest BCUT2D eigenvalue weighted by Crippen LogP contribution is -2.28. The minimum atomic E-state index is -4.44. The SMILES string of the molecule is NC1=NS(=O)(=O)NC1c1ccc(C(F)(F)F)cc1. The van der Waals surface area contributed by atoms with E-state index >= 15 is 0 Å². The normalized spacial score (nSPS) is 22.8. The Morgan fingerprint density at radius 2 is 1.78 bits per heavy atom. The van der Waals surface area contributed by atoms with Crippen molar-refractivity contribution in [3.63, 3.8) is 0 Å². The number of nitrogens with two attached hydrogens (primary N) is 1. The molecule has 0 aromatic heterocycles. The van der Waals surface area contributed by atoms with Crippen LogP contribution in [-0.4, -0.2) is 14.3 Å². The molecule has 9 heteroatoms. The first-order valence-corrected chi connectivity index (χ1v) is 6.18. The molecule has 18 heavy (non-hydrogen) atoms. The number of rotatable bonds is 1. The van der Waals surface area contributed by atoms with Crippen LogP contribution in [-0.2, 0) is 16.4 Å². The van der Waals surface area contributed by atoms with Gasteiger partial charge >= 0.3 is 16.4 Å². The van der Waals surface area contributed by atoms with Crippen molar-refractivity contribution in [2.45, 2.75) is 12.2 Å². The Balaban J connectivity index is 2.30. The van der Waals surface area contributed by atoms with Crippen molar-refractivity contribution in [1.82, 2.24) is 4.72 Å². The molecule has 0 radical (unpaired) electrons. The van der Waals surface area contributed by atoms with Gasteiger partial charge in [-0.1, -0.05) is 12.1 Å². The van der Waals surface area contributed by atoms with Gasteiger partial charge in [-0.3, -0.25) is 0 Å². The lowest BCUT2D eigenvalue weighted by atomic mass is 10.0. The van der Waals surface area contributed by atoms with Gasteiger partial charge in [0.1, 0.15) is 11.9 Å². The topological polar surface area (TPSA) is 84.5 Å². The van der Waals surface area contributed by atoms with E-state index < -0.39 is 28.0 Å². The molecule has 1 atom stereocenters. The standard InChI is InChI=1S/C9H8F3N3O2S/c10-9(11,12)6-3-1-5(2-4-6)7-8(13)15-18(16,17)14-7/h1-4,7,14H,(H2,13,15). The maximum absolute atomic E-state index is 12.3. The Hall–Kier alpha value is -1.61. The van der Waals surface area contributed by atoms with E-state index in [4.69, 9.17) is 5.73 Å². The molecule has 2 rings (SSSR count). The number of halogens is 3. The number of nitrogens with zero attached hydrogens (tertiary/aromatic N) is 1. The van der Waals surface area contributed by atoms with Gasteiger partial charge in [-0.25, -0.2) is 0 Å². The summed E-state index contributed by atoms with van der Waals surface area (Å²) in [6.07, 6.45) is -4.44. The Morgan fingerprint density at radius 1 is 1.22 bits per heavy atom. The second kappa shape index (κ2) is 3.95. The van der Waals surface area contributed by atoms with Crippen LogP contribution in [0.25, 0.3) is 0 Å². The molecule has 1 aromatic carbocycles. The molecule has 1 aliphatic heterocycles. The molecule has 0 bridgehead atoms. The summed E-state index contributed by atoms with van der Waals surface area (Å²) in [6.45, 7) is 0. The molecule has 98 valence electrons. The van der Waals surface area contributed by atoms with Crippen LogP contribution in [0.2, 0.25) is 0 Å². The van der Waals surface area contributed by atoms with Crippen molar-refractivity contribution in [2.24, 2.45) is 10.1 Å². The first kappa shape index (κ1) is 12.8. The van der Waals surface area contributed by atoms with Crippen molar-refractivity contribution in [3.05, 3.63) is 35.4 Å². The van der Waals surface area contributed by atoms with Gasteiger partial charge in [-0.2, -0.15) is 26.3 Å². The zero-order chi connectivity index (χ0) is 13.6. The monoisotopic (exact) mass is 279 g/mol. The largest absolute Gasteiger partial charge is 0.416 e. The third-order valence-corrected chi connectivity index (χ3v) is 3.34. The Morgan fingerprint density at radius 3 is 2.17 bits per heavy atom. The molecule has 0 saturated heterocycles. The van der Waals surface area contributed by atoms with E-state index in [1.165, 1.54) is 0 Å². The van der Waals surface area contributed by atoms with Crippen molar-refractivity contribution in [2.75, 3.05) is 0 Å². The van der Waals surface area contributed by atoms with Crippen LogP contribution in [0.5, 0.6) is 0 Å². The lowest BCUT2D eigenvalue weighted by Gasteiger charge is -2.11. The second-order valence-corrected chi connectivity index (χ2v) is 5.03. The predicted octanol–water partition coefficient (Wildman–Crippen LogP) is 0.952. The summed E-state index contributed by atoms with van der Waals surface area (Å²) in [5.41, 5.74) is 4.88. The molecule has 1 heterocycles. The highest BCUT2D eigenvalue weighted by Gasteiger charge is 2.32. The highest BCUT2D eigenvalue weighted by molar-refractivity contribution is 7.88. The predicted molar refractivity (Wildman–Crippen MR) is 57.9 cm³/mol. The summed E-state index contributed by atoms with van der Waals surface area (Å²) >= 11 is 0. The van der Waals surface area contributed by atoms with Crippen LogP contribution in [0.4, 0.5) is 13.2 Å². The fraction of sp³-hybridized carbons (Fsp3) is 0.222. The highest BCUT2D eigenvalue weighted by atomic mass is 32.2. The number of alkyl halides is 3. The van der Waals surface area contributed by atoms with Crippen LogP contribution in [0.1, 0.15) is 17.2 Å². The Bertz CT molecular complexity index is 592. The average Bonchev–Trinajstić information content (AvgIpc) is 2.51. The number of nitrogens with one attached hydrogen (secondary N) is 1. The van der Waals surface area contributed by atoms with Crippen LogP contribution in [0, 0.1) is 0 Å². The zero-order valence-corrected chi connectivity index (χ0v) is 9.59. The first-order valence-electron chi connectivity index (χ1n) is 4.74. The van der Waals surface area contributed by atoms with Gasteiger partial charge in [0.2, 0.25) is 0 Å². The smallest absolute Gasteiger partial charge is 0.385 e. The van der Waals surface area contributed by atoms with E-state index in [9.17, 15) is 21.6 Å². The quantitative estimate of drug-likeness (QED) is 0.802. The van der Waals surface area contributed by atoms with E-state index in [1.807, 2.05) is 0 Å². The number of hydrogen-bond donors (Lipinski definition) is 2. The minimum absolute atomic E-state index is 0.199. The fourth-order valence-corrected chi connectivity index (χ4v) is 2.52. The molecule has 0 saturated carbocycles. The average molecular weight is 279 g/mol. The zero-order valence-electron chi connectivity index (χ0n) is 8.77. The summed E-state index contributed by atoms with van der Waals surface area (Å²) in [4.78, 5) is 0. The molecule has 1 aliphatic rings. The molecule has 0 aliphatic carbocycles. The van der Waals surface area contributed by atoms with E-state index in [1.54, 1.807) is 0 Å². The summed E-state index contributed by atoms with van der Waals surface area (Å²) in [7, 11) is -3.84. The third kappa shape index (κ3) is 2.46. The fourth-order valence-electron chi connectivity index (χ4n) is 1.53. The third-order valence-electron chi connectivity index (χ3n) is 2.36. The molecule has 0 amide bonds. The van der Waals surface area contributed by atoms with E-state index in [0.717, 1.165) is 24.3 Å². The van der Waals surface area contributed by atoms with E-state index in [2.05, 4.69) is 9.12 Å². The molecule has 0 fully saturated rings. The van der Waals surface area contributed by atoms with Gasteiger partial charge in [-0.15, -0.1) is 4.40 Å². The van der Waals surface area contributed by atoms with Gasteiger partial charge in [0.05, 0.1) is 5.56 Å². The minimum Gasteiger partial charge on any atom is -0.385 e. The van der Waals surface area contributed by atoms with Crippen LogP contribution < -0.4 is 10.5 Å². The second-order valence-electron chi connectivity index (χ2n) is 3.66. The van der Waals surface area contributed by atoms with Gasteiger partial charge < -0.3 is 5.73 Å². The van der Waals surface area contributed by atoms with Crippen LogP contribution in [0.15, 0.2) is 28.7 Å². The van der Waals surface area contributed by atoms with Gasteiger partial charge in [0.15, 0.2) is 0 Å². The number of benzene rings is 1. The van der Waals surface area contributed by atoms with Gasteiger partial charge in [0, 0.05) is 0 Å². The van der Waals surface area contributed by atoms with E-state index in [-0.39, 0.29) is 5.84 Å². The first-order chi connectivity index (χ1) is 8.19. The van der Waals surface area contributed by atoms with Crippen LogP contribution >= 0.6 is 0 Å². The van der Waals surface area contributed by atoms with Crippen LogP contribution in [0.3, 0.4) is 0 Å². The molecule has 3 N–H and O–H groups in total. The summed E-state index contributed by atoms with van der Waals surface area (Å²) < 4.78 is 64.5. The summed E-state index contributed by atoms with van der Waals surface area (Å²) in [5.74, 6) is -0.199. The molecular formula is C9H8F3N3O2S. The van der Waals surface area contributed by atoms with Crippen molar-refractivity contribution in [1.29, 1.82) is 0 Å². The number of hydrogen-bond acceptors (Lipinski definition) is 3. The maximum Gasteiger partial charge on any atom is 0.416 e. The van der Waals surface area contributed by atoms with Gasteiger partial charge in [0.25, 0.3) is 0 Å². The molecule has 0 spiro atoms. The molecule has 5 nitrogen and oxygen atoms in total. The van der Waals surface area contributed by atoms with Crippen molar-refractivity contribution < 1.29 is 21.6 Å². The van der Waals surface area contributed by atoms with Gasteiger partial charge in [-0.05, 0) is 17.7 Å². The summed E-state index contributed by atoms with van der Waals surface area (Å²) in [5, 5.41) is 0. The molecular weight excluding hydrogens is 271 g/mol. The molecule has 1 aromatic rings. The Labute approximate surface area is 101 Å². The highest BCUT2D eigenvalue weighted by Crippen LogP contribution is 2.30. The lowest BCUT2D eigenvalue weighted by molar-refractivity contribution is -0.137.